The van der Waals surface area contributed by atoms with Crippen molar-refractivity contribution in [1.29, 1.82) is 0 Å². The van der Waals surface area contributed by atoms with Gasteiger partial charge in [-0.15, -0.1) is 0 Å². The zero-order valence-corrected chi connectivity index (χ0v) is 12.4. The maximum absolute atomic E-state index is 11.9. The molecule has 0 atom stereocenters. The van der Waals surface area contributed by atoms with Crippen LogP contribution in [0, 0.1) is 13.8 Å². The Hall–Kier alpha value is -1.92. The van der Waals surface area contributed by atoms with Crippen LogP contribution in [0.5, 0.6) is 0 Å². The van der Waals surface area contributed by atoms with E-state index < -0.39 is 5.97 Å². The second-order valence-electron chi connectivity index (χ2n) is 5.66. The lowest BCUT2D eigenvalue weighted by Gasteiger charge is -2.38. The van der Waals surface area contributed by atoms with Gasteiger partial charge in [-0.25, -0.2) is 4.79 Å². The number of hydrogen-bond acceptors (Lipinski definition) is 4. The van der Waals surface area contributed by atoms with Gasteiger partial charge in [0.25, 0.3) is 0 Å². The molecule has 114 valence electrons. The Morgan fingerprint density at radius 1 is 1.38 bits per heavy atom. The van der Waals surface area contributed by atoms with E-state index in [1.807, 2.05) is 13.8 Å². The quantitative estimate of drug-likeness (QED) is 0.762. The van der Waals surface area contributed by atoms with Gasteiger partial charge >= 0.3 is 5.97 Å². The summed E-state index contributed by atoms with van der Waals surface area (Å²) in [5.74, 6) is -1.29. The van der Waals surface area contributed by atoms with Crippen LogP contribution >= 0.6 is 0 Å². The molecule has 1 heterocycles. The van der Waals surface area contributed by atoms with Gasteiger partial charge in [-0.1, -0.05) is 0 Å². The number of benzene rings is 1. The molecule has 1 aromatic rings. The summed E-state index contributed by atoms with van der Waals surface area (Å²) in [5, 5.41) is 14.9. The van der Waals surface area contributed by atoms with Gasteiger partial charge in [0.2, 0.25) is 5.91 Å². The van der Waals surface area contributed by atoms with Crippen molar-refractivity contribution in [3.63, 3.8) is 0 Å². The normalized spacial score (nSPS) is 16.1. The molecule has 3 N–H and O–H groups in total. The predicted octanol–water partition coefficient (Wildman–Crippen LogP) is 1.32. The molecule has 2 rings (SSSR count). The third-order valence-corrected chi connectivity index (χ3v) is 3.73. The summed E-state index contributed by atoms with van der Waals surface area (Å²) in [6, 6.07) is 3.22. The van der Waals surface area contributed by atoms with Crippen LogP contribution in [0.1, 0.15) is 28.4 Å². The molecule has 0 aliphatic carbocycles. The molecule has 1 aromatic carbocycles. The number of hydrogen-bond donors (Lipinski definition) is 3. The lowest BCUT2D eigenvalue weighted by molar-refractivity contribution is -0.130. The molecule has 6 heteroatoms. The Balaban J connectivity index is 2.02. The standard InChI is InChI=1S/C15H20N2O4/c1-9-4-11(5-12(10(9)2)14(19)20)17-13(18)6-21-15(3)7-16-8-15/h4-5,16H,6-8H2,1-3H3,(H,17,18)(H,19,20). The van der Waals surface area contributed by atoms with Crippen LogP contribution < -0.4 is 10.6 Å². The van der Waals surface area contributed by atoms with Gasteiger partial charge in [0, 0.05) is 18.8 Å². The first-order valence-corrected chi connectivity index (χ1v) is 6.80. The number of carbonyl (C=O) groups excluding carboxylic acids is 1. The number of anilines is 1. The van der Waals surface area contributed by atoms with Gasteiger partial charge in [0.05, 0.1) is 11.2 Å². The van der Waals surface area contributed by atoms with Crippen LogP contribution in [-0.2, 0) is 9.53 Å². The summed E-state index contributed by atoms with van der Waals surface area (Å²) in [6.45, 7) is 6.91. The fourth-order valence-electron chi connectivity index (χ4n) is 2.17. The molecule has 0 radical (unpaired) electrons. The SMILES string of the molecule is Cc1cc(NC(=O)COC2(C)CNC2)cc(C(=O)O)c1C. The Morgan fingerprint density at radius 2 is 2.05 bits per heavy atom. The summed E-state index contributed by atoms with van der Waals surface area (Å²) >= 11 is 0. The minimum atomic E-state index is -1.00. The fraction of sp³-hybridized carbons (Fsp3) is 0.467. The van der Waals surface area contributed by atoms with Crippen LogP contribution in [-0.4, -0.2) is 42.3 Å². The van der Waals surface area contributed by atoms with E-state index in [2.05, 4.69) is 10.6 Å². The van der Waals surface area contributed by atoms with Crippen molar-refractivity contribution in [3.05, 3.63) is 28.8 Å². The van der Waals surface area contributed by atoms with Crippen molar-refractivity contribution < 1.29 is 19.4 Å². The maximum atomic E-state index is 11.9. The predicted molar refractivity (Wildman–Crippen MR) is 78.7 cm³/mol. The molecule has 0 bridgehead atoms. The van der Waals surface area contributed by atoms with Gasteiger partial charge in [-0.05, 0) is 44.0 Å². The topological polar surface area (TPSA) is 87.7 Å². The minimum absolute atomic E-state index is 0.0481. The van der Waals surface area contributed by atoms with E-state index in [0.29, 0.717) is 11.3 Å². The highest BCUT2D eigenvalue weighted by Gasteiger charge is 2.33. The highest BCUT2D eigenvalue weighted by Crippen LogP contribution is 2.20. The highest BCUT2D eigenvalue weighted by atomic mass is 16.5. The lowest BCUT2D eigenvalue weighted by Crippen LogP contribution is -2.59. The van der Waals surface area contributed by atoms with Crippen molar-refractivity contribution in [1.82, 2.24) is 5.32 Å². The largest absolute Gasteiger partial charge is 0.478 e. The number of carboxylic acids is 1. The first-order chi connectivity index (χ1) is 9.81. The second-order valence-corrected chi connectivity index (χ2v) is 5.66. The smallest absolute Gasteiger partial charge is 0.336 e. The molecule has 21 heavy (non-hydrogen) atoms. The Morgan fingerprint density at radius 3 is 2.57 bits per heavy atom. The van der Waals surface area contributed by atoms with Gasteiger partial charge in [0.15, 0.2) is 0 Å². The maximum Gasteiger partial charge on any atom is 0.336 e. The van der Waals surface area contributed by atoms with Crippen LogP contribution in [0.3, 0.4) is 0 Å². The van der Waals surface area contributed by atoms with Crippen molar-refractivity contribution in [3.8, 4) is 0 Å². The first-order valence-electron chi connectivity index (χ1n) is 6.80. The molecular weight excluding hydrogens is 272 g/mol. The number of carboxylic acid groups (broad SMARTS) is 1. The summed E-state index contributed by atoms with van der Waals surface area (Å²) in [6.07, 6.45) is 0. The molecule has 1 aliphatic rings. The summed E-state index contributed by atoms with van der Waals surface area (Å²) in [7, 11) is 0. The van der Waals surface area contributed by atoms with E-state index >= 15 is 0 Å². The molecule has 0 saturated carbocycles. The number of rotatable bonds is 5. The fourth-order valence-corrected chi connectivity index (χ4v) is 2.17. The highest BCUT2D eigenvalue weighted by molar-refractivity contribution is 5.95. The average molecular weight is 292 g/mol. The van der Waals surface area contributed by atoms with Crippen molar-refractivity contribution in [2.45, 2.75) is 26.4 Å². The number of aromatic carboxylic acids is 1. The molecule has 1 aliphatic heterocycles. The number of nitrogens with one attached hydrogen (secondary N) is 2. The number of aryl methyl sites for hydroxylation is 1. The van der Waals surface area contributed by atoms with E-state index in [4.69, 9.17) is 9.84 Å². The van der Waals surface area contributed by atoms with Gasteiger partial charge in [0.1, 0.15) is 6.61 Å². The van der Waals surface area contributed by atoms with Crippen LogP contribution in [0.4, 0.5) is 5.69 Å². The van der Waals surface area contributed by atoms with Crippen LogP contribution in [0.15, 0.2) is 12.1 Å². The molecule has 1 saturated heterocycles. The second kappa shape index (κ2) is 5.83. The molecular formula is C15H20N2O4. The third-order valence-electron chi connectivity index (χ3n) is 3.73. The summed E-state index contributed by atoms with van der Waals surface area (Å²) < 4.78 is 5.54. The molecule has 1 fully saturated rings. The van der Waals surface area contributed by atoms with Crippen molar-refractivity contribution in [2.24, 2.45) is 0 Å². The Kier molecular flexibility index (Phi) is 4.29. The van der Waals surface area contributed by atoms with Gasteiger partial charge in [-0.2, -0.15) is 0 Å². The monoisotopic (exact) mass is 292 g/mol. The minimum Gasteiger partial charge on any atom is -0.478 e. The van der Waals surface area contributed by atoms with Gasteiger partial charge in [-0.3, -0.25) is 4.79 Å². The summed E-state index contributed by atoms with van der Waals surface area (Å²) in [5.41, 5.74) is 1.90. The van der Waals surface area contributed by atoms with Gasteiger partial charge < -0.3 is 20.5 Å². The molecule has 0 aromatic heterocycles. The molecule has 1 amide bonds. The Labute approximate surface area is 123 Å². The molecule has 0 spiro atoms. The van der Waals surface area contributed by atoms with E-state index in [-0.39, 0.29) is 23.7 Å². The van der Waals surface area contributed by atoms with Crippen molar-refractivity contribution in [2.75, 3.05) is 25.0 Å². The number of amides is 1. The van der Waals surface area contributed by atoms with E-state index in [9.17, 15) is 9.59 Å². The lowest BCUT2D eigenvalue weighted by atomic mass is 10.0. The zero-order valence-electron chi connectivity index (χ0n) is 12.4. The number of carbonyl (C=O) groups is 2. The summed E-state index contributed by atoms with van der Waals surface area (Å²) in [4.78, 5) is 23.0. The molecule has 0 unspecified atom stereocenters. The van der Waals surface area contributed by atoms with Crippen LogP contribution in [0.25, 0.3) is 0 Å². The first kappa shape index (κ1) is 15.5. The Bertz CT molecular complexity index is 579. The number of ether oxygens (including phenoxy) is 1. The van der Waals surface area contributed by atoms with Crippen molar-refractivity contribution >= 4 is 17.6 Å². The van der Waals surface area contributed by atoms with E-state index in [1.54, 1.807) is 13.0 Å². The average Bonchev–Trinajstić information content (AvgIpc) is 2.37. The zero-order chi connectivity index (χ0) is 15.6. The van der Waals surface area contributed by atoms with Crippen LogP contribution in [0.2, 0.25) is 0 Å². The van der Waals surface area contributed by atoms with E-state index in [0.717, 1.165) is 18.7 Å². The third kappa shape index (κ3) is 3.59. The van der Waals surface area contributed by atoms with E-state index in [1.165, 1.54) is 6.07 Å². The molecule has 6 nitrogen and oxygen atoms in total.